The second-order valence-electron chi connectivity index (χ2n) is 5.64. The first kappa shape index (κ1) is 19.5. The third-order valence-corrected chi connectivity index (χ3v) is 4.48. The maximum atomic E-state index is 10.0. The molecule has 6 nitrogen and oxygen atoms in total. The lowest BCUT2D eigenvalue weighted by Crippen LogP contribution is -2.54. The van der Waals surface area contributed by atoms with Gasteiger partial charge in [-0.05, 0) is 30.3 Å². The van der Waals surface area contributed by atoms with Crippen LogP contribution in [-0.4, -0.2) is 46.5 Å². The van der Waals surface area contributed by atoms with Gasteiger partial charge < -0.3 is 29.5 Å². The summed E-state index contributed by atoms with van der Waals surface area (Å²) in [4.78, 5) is 0. The maximum absolute atomic E-state index is 10.0. The van der Waals surface area contributed by atoms with Gasteiger partial charge in [0.15, 0.2) is 11.5 Å². The number of hydrogen-bond donors (Lipinski definition) is 3. The summed E-state index contributed by atoms with van der Waals surface area (Å²) in [5.41, 5.74) is 0. The quantitative estimate of drug-likeness (QED) is 0.702. The fraction of sp³-hybridized carbons (Fsp3) is 0.294. The molecule has 1 saturated heterocycles. The topological polar surface area (TPSA) is 88.4 Å². The van der Waals surface area contributed by atoms with Crippen molar-refractivity contribution in [3.05, 3.63) is 51.5 Å². The average Bonchev–Trinajstić information content (AvgIpc) is 2.60. The molecule has 1 heterocycles. The molecule has 0 saturated carbocycles. The Labute approximate surface area is 164 Å². The summed E-state index contributed by atoms with van der Waals surface area (Å²) in [5, 5.41) is 30.4. The number of aliphatic hydroxyl groups excluding tert-OH is 3. The van der Waals surface area contributed by atoms with Crippen molar-refractivity contribution < 1.29 is 29.5 Å². The number of benzene rings is 2. The zero-order chi connectivity index (χ0) is 18.8. The van der Waals surface area contributed by atoms with E-state index in [1.54, 1.807) is 24.3 Å². The predicted octanol–water partition coefficient (Wildman–Crippen LogP) is 3.26. The van der Waals surface area contributed by atoms with Gasteiger partial charge in [-0.3, -0.25) is 0 Å². The Bertz CT molecular complexity index is 787. The van der Waals surface area contributed by atoms with Crippen LogP contribution < -0.4 is 9.47 Å². The van der Waals surface area contributed by atoms with Crippen molar-refractivity contribution in [1.29, 1.82) is 0 Å². The Balaban J connectivity index is 1.84. The minimum Gasteiger partial charge on any atom is -0.458 e. The number of hydrogen-bond acceptors (Lipinski definition) is 6. The zero-order valence-corrected chi connectivity index (χ0v) is 15.4. The van der Waals surface area contributed by atoms with E-state index in [4.69, 9.17) is 49.0 Å². The van der Waals surface area contributed by atoms with Gasteiger partial charge in [-0.2, -0.15) is 0 Å². The van der Waals surface area contributed by atoms with Gasteiger partial charge in [0.25, 0.3) is 0 Å². The Morgan fingerprint density at radius 1 is 0.846 bits per heavy atom. The van der Waals surface area contributed by atoms with E-state index in [-0.39, 0.29) is 18.1 Å². The van der Waals surface area contributed by atoms with Crippen LogP contribution in [0.2, 0.25) is 15.1 Å². The molecule has 1 aliphatic heterocycles. The summed E-state index contributed by atoms with van der Waals surface area (Å²) in [5.74, 6) is 0.759. The molecular weight excluding hydrogens is 407 g/mol. The van der Waals surface area contributed by atoms with Crippen LogP contribution in [0, 0.1) is 0 Å². The molecule has 0 amide bonds. The molecule has 2 aromatic carbocycles. The lowest BCUT2D eigenvalue weighted by Gasteiger charge is -2.35. The van der Waals surface area contributed by atoms with Crippen molar-refractivity contribution in [1.82, 2.24) is 0 Å². The SMILES string of the molecule is O[C@@H]1[C@H](Oc2cc(Cl)ccc2Oc2ccc(Cl)cc2Cl)OC[C@@H](O)[C@H]1O. The van der Waals surface area contributed by atoms with Crippen LogP contribution in [-0.2, 0) is 4.74 Å². The van der Waals surface area contributed by atoms with Gasteiger partial charge in [0.1, 0.15) is 24.1 Å². The predicted molar refractivity (Wildman–Crippen MR) is 96.4 cm³/mol. The summed E-state index contributed by atoms with van der Waals surface area (Å²) >= 11 is 18.0. The summed E-state index contributed by atoms with van der Waals surface area (Å²) < 4.78 is 16.6. The van der Waals surface area contributed by atoms with Gasteiger partial charge in [-0.25, -0.2) is 0 Å². The summed E-state index contributed by atoms with van der Waals surface area (Å²) in [6, 6.07) is 9.35. The largest absolute Gasteiger partial charge is 0.458 e. The van der Waals surface area contributed by atoms with Crippen molar-refractivity contribution in [2.45, 2.75) is 24.6 Å². The van der Waals surface area contributed by atoms with Crippen molar-refractivity contribution in [3.8, 4) is 17.2 Å². The van der Waals surface area contributed by atoms with Gasteiger partial charge in [0.05, 0.1) is 11.6 Å². The van der Waals surface area contributed by atoms with E-state index in [2.05, 4.69) is 0 Å². The first-order chi connectivity index (χ1) is 12.3. The second kappa shape index (κ2) is 8.19. The van der Waals surface area contributed by atoms with Crippen LogP contribution in [0.4, 0.5) is 0 Å². The Morgan fingerprint density at radius 3 is 2.19 bits per heavy atom. The van der Waals surface area contributed by atoms with Crippen LogP contribution in [0.1, 0.15) is 0 Å². The Morgan fingerprint density at radius 2 is 1.50 bits per heavy atom. The number of aliphatic hydroxyl groups is 3. The van der Waals surface area contributed by atoms with Gasteiger partial charge in [-0.15, -0.1) is 0 Å². The normalized spacial score (nSPS) is 25.8. The summed E-state index contributed by atoms with van der Waals surface area (Å²) in [7, 11) is 0. The van der Waals surface area contributed by atoms with Crippen LogP contribution >= 0.6 is 34.8 Å². The van der Waals surface area contributed by atoms with E-state index in [9.17, 15) is 15.3 Å². The highest BCUT2D eigenvalue weighted by Gasteiger charge is 2.39. The molecule has 0 unspecified atom stereocenters. The fourth-order valence-electron chi connectivity index (χ4n) is 2.34. The molecule has 0 aromatic heterocycles. The van der Waals surface area contributed by atoms with Gasteiger partial charge in [0.2, 0.25) is 6.29 Å². The fourth-order valence-corrected chi connectivity index (χ4v) is 2.95. The molecule has 2 aromatic rings. The molecule has 1 fully saturated rings. The van der Waals surface area contributed by atoms with Crippen LogP contribution in [0.3, 0.4) is 0 Å². The van der Waals surface area contributed by atoms with Crippen LogP contribution in [0.15, 0.2) is 36.4 Å². The van der Waals surface area contributed by atoms with E-state index in [0.29, 0.717) is 20.8 Å². The van der Waals surface area contributed by atoms with Crippen LogP contribution in [0.5, 0.6) is 17.2 Å². The Kier molecular flexibility index (Phi) is 6.14. The molecule has 9 heteroatoms. The highest BCUT2D eigenvalue weighted by molar-refractivity contribution is 6.35. The number of halogens is 3. The molecule has 4 atom stereocenters. The highest BCUT2D eigenvalue weighted by atomic mass is 35.5. The van der Waals surface area contributed by atoms with E-state index >= 15 is 0 Å². The molecule has 26 heavy (non-hydrogen) atoms. The van der Waals surface area contributed by atoms with Gasteiger partial charge in [-0.1, -0.05) is 34.8 Å². The van der Waals surface area contributed by atoms with E-state index in [0.717, 1.165) is 0 Å². The van der Waals surface area contributed by atoms with Gasteiger partial charge in [0, 0.05) is 16.1 Å². The second-order valence-corrected chi connectivity index (χ2v) is 6.92. The smallest absolute Gasteiger partial charge is 0.229 e. The van der Waals surface area contributed by atoms with Crippen molar-refractivity contribution in [2.75, 3.05) is 6.61 Å². The summed E-state index contributed by atoms with van der Waals surface area (Å²) in [6.07, 6.45) is -5.27. The first-order valence-electron chi connectivity index (χ1n) is 7.60. The van der Waals surface area contributed by atoms with Crippen LogP contribution in [0.25, 0.3) is 0 Å². The maximum Gasteiger partial charge on any atom is 0.229 e. The molecule has 0 aliphatic carbocycles. The molecule has 3 rings (SSSR count). The Hall–Kier alpha value is -1.25. The summed E-state index contributed by atoms with van der Waals surface area (Å²) in [6.45, 7) is -0.192. The monoisotopic (exact) mass is 420 g/mol. The van der Waals surface area contributed by atoms with Crippen molar-refractivity contribution >= 4 is 34.8 Å². The lowest BCUT2D eigenvalue weighted by molar-refractivity contribution is -0.242. The average molecular weight is 422 g/mol. The highest BCUT2D eigenvalue weighted by Crippen LogP contribution is 2.38. The lowest BCUT2D eigenvalue weighted by atomic mass is 10.1. The minimum absolute atomic E-state index is 0.163. The molecule has 140 valence electrons. The van der Waals surface area contributed by atoms with Crippen molar-refractivity contribution in [2.24, 2.45) is 0 Å². The van der Waals surface area contributed by atoms with Gasteiger partial charge >= 0.3 is 0 Å². The van der Waals surface area contributed by atoms with E-state index < -0.39 is 24.6 Å². The zero-order valence-electron chi connectivity index (χ0n) is 13.2. The van der Waals surface area contributed by atoms with Crippen molar-refractivity contribution in [3.63, 3.8) is 0 Å². The third-order valence-electron chi connectivity index (χ3n) is 3.72. The molecular formula is C17H15Cl3O6. The molecule has 3 N–H and O–H groups in total. The number of ether oxygens (including phenoxy) is 3. The van der Waals surface area contributed by atoms with E-state index in [1.165, 1.54) is 12.1 Å². The molecule has 0 bridgehead atoms. The molecule has 0 spiro atoms. The molecule has 1 aliphatic rings. The molecule has 0 radical (unpaired) electrons. The first-order valence-corrected chi connectivity index (χ1v) is 8.73. The number of rotatable bonds is 4. The minimum atomic E-state index is -1.45. The third kappa shape index (κ3) is 4.35. The van der Waals surface area contributed by atoms with E-state index in [1.807, 2.05) is 0 Å². The standard InChI is InChI=1S/C17H15Cl3O6/c18-8-1-3-12(10(20)5-8)25-13-4-2-9(19)6-14(13)26-17-16(23)15(22)11(21)7-24-17/h1-6,11,15-17,21-23H,7H2/t11-,15-,16+,17+/m1/s1.